The van der Waals surface area contributed by atoms with Crippen LogP contribution in [0.3, 0.4) is 0 Å². The van der Waals surface area contributed by atoms with E-state index in [4.69, 9.17) is 4.74 Å². The molecule has 0 radical (unpaired) electrons. The molecule has 0 unspecified atom stereocenters. The minimum atomic E-state index is -3.96. The Hall–Kier alpha value is -1.99. The normalized spacial score (nSPS) is 12.9. The highest BCUT2D eigenvalue weighted by molar-refractivity contribution is 7.89. The van der Waals surface area contributed by atoms with Crippen molar-refractivity contribution in [2.75, 3.05) is 7.11 Å². The van der Waals surface area contributed by atoms with Gasteiger partial charge in [-0.2, -0.15) is 0 Å². The van der Waals surface area contributed by atoms with Gasteiger partial charge in [0, 0.05) is 6.04 Å². The molecule has 0 saturated carbocycles. The molecule has 1 N–H and O–H groups in total. The summed E-state index contributed by atoms with van der Waals surface area (Å²) in [5, 5.41) is 0. The van der Waals surface area contributed by atoms with Crippen LogP contribution in [0.25, 0.3) is 0 Å². The van der Waals surface area contributed by atoms with Crippen LogP contribution in [-0.4, -0.2) is 15.5 Å². The number of rotatable bonds is 5. The second kappa shape index (κ2) is 6.41. The monoisotopic (exact) mass is 327 g/mol. The Labute approximate surface area is 127 Å². The summed E-state index contributed by atoms with van der Waals surface area (Å²) in [7, 11) is -2.45. The second-order valence-corrected chi connectivity index (χ2v) is 6.41. The van der Waals surface area contributed by atoms with Crippen LogP contribution in [0, 0.1) is 11.6 Å². The number of benzene rings is 2. The number of methoxy groups -OCH3 is 1. The number of halogens is 2. The lowest BCUT2D eigenvalue weighted by Crippen LogP contribution is -2.27. The van der Waals surface area contributed by atoms with Gasteiger partial charge in [0.1, 0.15) is 5.75 Å². The van der Waals surface area contributed by atoms with Crippen molar-refractivity contribution in [1.82, 2.24) is 4.72 Å². The SMILES string of the molecule is COc1cccc([C@@H](C)NS(=O)(=O)c2ccc(F)c(F)c2)c1. The molecule has 0 saturated heterocycles. The molecular weight excluding hydrogens is 312 g/mol. The zero-order valence-electron chi connectivity index (χ0n) is 12.0. The first-order valence-corrected chi connectivity index (χ1v) is 7.93. The molecule has 0 spiro atoms. The zero-order chi connectivity index (χ0) is 16.3. The molecule has 0 aromatic heterocycles. The van der Waals surface area contributed by atoms with Crippen molar-refractivity contribution in [2.45, 2.75) is 17.9 Å². The fourth-order valence-electron chi connectivity index (χ4n) is 1.92. The molecule has 118 valence electrons. The van der Waals surface area contributed by atoms with E-state index in [9.17, 15) is 17.2 Å². The van der Waals surface area contributed by atoms with Crippen molar-refractivity contribution in [2.24, 2.45) is 0 Å². The van der Waals surface area contributed by atoms with E-state index in [0.717, 1.165) is 12.1 Å². The molecule has 0 aliphatic rings. The third kappa shape index (κ3) is 3.61. The Balaban J connectivity index is 2.25. The summed E-state index contributed by atoms with van der Waals surface area (Å²) in [6.45, 7) is 1.65. The van der Waals surface area contributed by atoms with Gasteiger partial charge in [-0.3, -0.25) is 0 Å². The van der Waals surface area contributed by atoms with Gasteiger partial charge in [0.25, 0.3) is 0 Å². The lowest BCUT2D eigenvalue weighted by molar-refractivity contribution is 0.413. The summed E-state index contributed by atoms with van der Waals surface area (Å²) in [5.74, 6) is -1.71. The Morgan fingerprint density at radius 3 is 2.45 bits per heavy atom. The van der Waals surface area contributed by atoms with E-state index in [0.29, 0.717) is 17.4 Å². The first-order valence-electron chi connectivity index (χ1n) is 6.45. The third-order valence-corrected chi connectivity index (χ3v) is 4.67. The molecule has 0 aliphatic heterocycles. The minimum Gasteiger partial charge on any atom is -0.497 e. The van der Waals surface area contributed by atoms with Crippen molar-refractivity contribution in [1.29, 1.82) is 0 Å². The maximum Gasteiger partial charge on any atom is 0.241 e. The second-order valence-electron chi connectivity index (χ2n) is 4.70. The number of hydrogen-bond donors (Lipinski definition) is 1. The van der Waals surface area contributed by atoms with Crippen molar-refractivity contribution in [3.05, 3.63) is 59.7 Å². The molecule has 2 aromatic carbocycles. The first kappa shape index (κ1) is 16.4. The predicted molar refractivity (Wildman–Crippen MR) is 78.1 cm³/mol. The first-order chi connectivity index (χ1) is 10.3. The summed E-state index contributed by atoms with van der Waals surface area (Å²) in [4.78, 5) is -0.332. The molecule has 0 bridgehead atoms. The molecule has 0 amide bonds. The number of ether oxygens (including phenoxy) is 1. The molecule has 2 rings (SSSR count). The summed E-state index contributed by atoms with van der Waals surface area (Å²) in [5.41, 5.74) is 0.686. The lowest BCUT2D eigenvalue weighted by Gasteiger charge is -2.15. The van der Waals surface area contributed by atoms with Crippen molar-refractivity contribution in [3.63, 3.8) is 0 Å². The van der Waals surface area contributed by atoms with Crippen LogP contribution in [0.4, 0.5) is 8.78 Å². The summed E-state index contributed by atoms with van der Waals surface area (Å²) < 4.78 is 58.0. The zero-order valence-corrected chi connectivity index (χ0v) is 12.8. The fraction of sp³-hybridized carbons (Fsp3) is 0.200. The van der Waals surface area contributed by atoms with Crippen LogP contribution in [0.1, 0.15) is 18.5 Å². The van der Waals surface area contributed by atoms with Gasteiger partial charge in [-0.1, -0.05) is 12.1 Å². The molecule has 22 heavy (non-hydrogen) atoms. The molecule has 2 aromatic rings. The summed E-state index contributed by atoms with van der Waals surface area (Å²) in [6.07, 6.45) is 0. The van der Waals surface area contributed by atoms with Crippen LogP contribution < -0.4 is 9.46 Å². The van der Waals surface area contributed by atoms with Crippen LogP contribution in [0.2, 0.25) is 0 Å². The Morgan fingerprint density at radius 2 is 1.82 bits per heavy atom. The van der Waals surface area contributed by atoms with Gasteiger partial charge in [-0.25, -0.2) is 21.9 Å². The van der Waals surface area contributed by atoms with Gasteiger partial charge in [-0.05, 0) is 42.8 Å². The maximum atomic E-state index is 13.2. The lowest BCUT2D eigenvalue weighted by atomic mass is 10.1. The third-order valence-electron chi connectivity index (χ3n) is 3.13. The van der Waals surface area contributed by atoms with E-state index in [1.165, 1.54) is 7.11 Å². The predicted octanol–water partition coefficient (Wildman–Crippen LogP) is 3.01. The molecule has 0 aliphatic carbocycles. The maximum absolute atomic E-state index is 13.2. The van der Waals surface area contributed by atoms with Gasteiger partial charge >= 0.3 is 0 Å². The van der Waals surface area contributed by atoms with Crippen LogP contribution in [-0.2, 0) is 10.0 Å². The van der Waals surface area contributed by atoms with Gasteiger partial charge in [0.2, 0.25) is 10.0 Å². The molecular formula is C15H15F2NO3S. The van der Waals surface area contributed by atoms with E-state index in [1.807, 2.05) is 0 Å². The smallest absolute Gasteiger partial charge is 0.241 e. The van der Waals surface area contributed by atoms with Crippen LogP contribution in [0.5, 0.6) is 5.75 Å². The van der Waals surface area contributed by atoms with Crippen molar-refractivity contribution < 1.29 is 21.9 Å². The summed E-state index contributed by atoms with van der Waals surface area (Å²) >= 11 is 0. The van der Waals surface area contributed by atoms with Crippen molar-refractivity contribution in [3.8, 4) is 5.75 Å². The molecule has 7 heteroatoms. The highest BCUT2D eigenvalue weighted by Gasteiger charge is 2.20. The highest BCUT2D eigenvalue weighted by Crippen LogP contribution is 2.21. The van der Waals surface area contributed by atoms with Crippen LogP contribution >= 0.6 is 0 Å². The molecule has 0 fully saturated rings. The number of nitrogens with one attached hydrogen (secondary N) is 1. The van der Waals surface area contributed by atoms with Gasteiger partial charge in [0.15, 0.2) is 11.6 Å². The van der Waals surface area contributed by atoms with Gasteiger partial charge in [-0.15, -0.1) is 0 Å². The van der Waals surface area contributed by atoms with E-state index >= 15 is 0 Å². The Morgan fingerprint density at radius 1 is 1.09 bits per heavy atom. The van der Waals surface area contributed by atoms with E-state index < -0.39 is 27.7 Å². The molecule has 4 nitrogen and oxygen atoms in total. The Bertz CT molecular complexity index is 778. The average Bonchev–Trinajstić information content (AvgIpc) is 2.49. The Kier molecular flexibility index (Phi) is 4.77. The van der Waals surface area contributed by atoms with E-state index in [-0.39, 0.29) is 4.90 Å². The highest BCUT2D eigenvalue weighted by atomic mass is 32.2. The fourth-order valence-corrected chi connectivity index (χ4v) is 3.17. The summed E-state index contributed by atoms with van der Waals surface area (Å²) in [6, 6.07) is 8.78. The minimum absolute atomic E-state index is 0.332. The van der Waals surface area contributed by atoms with Gasteiger partial charge < -0.3 is 4.74 Å². The average molecular weight is 327 g/mol. The van der Waals surface area contributed by atoms with E-state index in [1.54, 1.807) is 31.2 Å². The topological polar surface area (TPSA) is 55.4 Å². The van der Waals surface area contributed by atoms with Crippen molar-refractivity contribution >= 4 is 10.0 Å². The molecule has 1 atom stereocenters. The molecule has 0 heterocycles. The number of sulfonamides is 1. The van der Waals surface area contributed by atoms with Gasteiger partial charge in [0.05, 0.1) is 12.0 Å². The largest absolute Gasteiger partial charge is 0.497 e. The number of hydrogen-bond acceptors (Lipinski definition) is 3. The quantitative estimate of drug-likeness (QED) is 0.918. The van der Waals surface area contributed by atoms with Crippen LogP contribution in [0.15, 0.2) is 47.4 Å². The van der Waals surface area contributed by atoms with E-state index in [2.05, 4.69) is 4.72 Å². The standard InChI is InChI=1S/C15H15F2NO3S/c1-10(11-4-3-5-12(8-11)21-2)18-22(19,20)13-6-7-14(16)15(17)9-13/h3-10,18H,1-2H3/t10-/m1/s1.